The maximum atomic E-state index is 10.8. The zero-order valence-electron chi connectivity index (χ0n) is 9.26. The molecule has 1 N–H and O–H groups in total. The third-order valence-electron chi connectivity index (χ3n) is 2.75. The first-order valence-corrected chi connectivity index (χ1v) is 7.04. The van der Waals surface area contributed by atoms with E-state index in [0.717, 1.165) is 16.9 Å². The van der Waals surface area contributed by atoms with Gasteiger partial charge in [0.05, 0.1) is 23.4 Å². The van der Waals surface area contributed by atoms with E-state index in [1.165, 1.54) is 4.88 Å². The molecule has 1 unspecified atom stereocenters. The van der Waals surface area contributed by atoms with Crippen LogP contribution in [0.1, 0.15) is 11.3 Å². The molecule has 0 radical (unpaired) electrons. The van der Waals surface area contributed by atoms with Gasteiger partial charge in [0.1, 0.15) is 0 Å². The van der Waals surface area contributed by atoms with Gasteiger partial charge in [-0.15, -0.1) is 11.3 Å². The summed E-state index contributed by atoms with van der Waals surface area (Å²) < 4.78 is 6.45. The van der Waals surface area contributed by atoms with Crippen LogP contribution in [0.4, 0.5) is 0 Å². The van der Waals surface area contributed by atoms with Crippen molar-refractivity contribution in [2.45, 2.75) is 19.0 Å². The first-order chi connectivity index (χ1) is 8.15. The topological polar surface area (TPSA) is 49.8 Å². The van der Waals surface area contributed by atoms with Gasteiger partial charge in [-0.3, -0.25) is 9.69 Å². The summed E-state index contributed by atoms with van der Waals surface area (Å²) in [6.07, 6.45) is 0.145. The number of thiophene rings is 1. The lowest BCUT2D eigenvalue weighted by Gasteiger charge is -2.34. The van der Waals surface area contributed by atoms with Gasteiger partial charge in [-0.25, -0.2) is 0 Å². The summed E-state index contributed by atoms with van der Waals surface area (Å²) in [6.45, 7) is 2.80. The SMILES string of the molecule is O=C(O)CC1COCCN1Cc1ccc(Br)s1. The number of carboxylic acid groups (broad SMARTS) is 1. The second-order valence-electron chi connectivity index (χ2n) is 4.00. The molecule has 2 heterocycles. The van der Waals surface area contributed by atoms with Gasteiger partial charge in [0.15, 0.2) is 0 Å². The van der Waals surface area contributed by atoms with Crippen LogP contribution in [-0.4, -0.2) is 41.8 Å². The predicted octanol–water partition coefficient (Wildman–Crippen LogP) is 2.19. The fraction of sp³-hybridized carbons (Fsp3) is 0.545. The Morgan fingerprint density at radius 3 is 3.12 bits per heavy atom. The molecule has 1 aliphatic rings. The van der Waals surface area contributed by atoms with Crippen LogP contribution >= 0.6 is 27.3 Å². The van der Waals surface area contributed by atoms with E-state index in [9.17, 15) is 4.79 Å². The minimum atomic E-state index is -0.766. The van der Waals surface area contributed by atoms with Gasteiger partial charge in [-0.1, -0.05) is 0 Å². The fourth-order valence-electron chi connectivity index (χ4n) is 1.92. The number of carbonyl (C=O) groups is 1. The zero-order valence-corrected chi connectivity index (χ0v) is 11.7. The normalized spacial score (nSPS) is 21.6. The Balaban J connectivity index is 1.98. The second kappa shape index (κ2) is 5.95. The number of halogens is 1. The number of rotatable bonds is 4. The van der Waals surface area contributed by atoms with Crippen LogP contribution in [-0.2, 0) is 16.1 Å². The zero-order chi connectivity index (χ0) is 12.3. The van der Waals surface area contributed by atoms with Crippen LogP contribution in [0.25, 0.3) is 0 Å². The van der Waals surface area contributed by atoms with Crippen LogP contribution in [0.15, 0.2) is 15.9 Å². The van der Waals surface area contributed by atoms with Crippen molar-refractivity contribution in [1.82, 2.24) is 4.90 Å². The van der Waals surface area contributed by atoms with Crippen LogP contribution in [0.2, 0.25) is 0 Å². The molecule has 0 amide bonds. The van der Waals surface area contributed by atoms with Gasteiger partial charge in [0, 0.05) is 24.0 Å². The Morgan fingerprint density at radius 1 is 1.65 bits per heavy atom. The van der Waals surface area contributed by atoms with Crippen LogP contribution < -0.4 is 0 Å². The average Bonchev–Trinajstić information content (AvgIpc) is 2.66. The molecule has 0 spiro atoms. The molecule has 17 heavy (non-hydrogen) atoms. The number of aliphatic carboxylic acids is 1. The molecule has 1 saturated heterocycles. The number of hydrogen-bond acceptors (Lipinski definition) is 4. The predicted molar refractivity (Wildman–Crippen MR) is 69.3 cm³/mol. The van der Waals surface area contributed by atoms with Gasteiger partial charge >= 0.3 is 5.97 Å². The number of ether oxygens (including phenoxy) is 1. The van der Waals surface area contributed by atoms with Crippen molar-refractivity contribution in [3.63, 3.8) is 0 Å². The van der Waals surface area contributed by atoms with E-state index in [1.807, 2.05) is 6.07 Å². The molecule has 1 aromatic heterocycles. The lowest BCUT2D eigenvalue weighted by Crippen LogP contribution is -2.45. The molecule has 0 aromatic carbocycles. The highest BCUT2D eigenvalue weighted by molar-refractivity contribution is 9.11. The van der Waals surface area contributed by atoms with Gasteiger partial charge in [-0.2, -0.15) is 0 Å². The quantitative estimate of drug-likeness (QED) is 0.924. The highest BCUT2D eigenvalue weighted by atomic mass is 79.9. The minimum absolute atomic E-state index is 0.0119. The number of hydrogen-bond donors (Lipinski definition) is 1. The largest absolute Gasteiger partial charge is 0.481 e. The van der Waals surface area contributed by atoms with E-state index in [0.29, 0.717) is 13.2 Å². The van der Waals surface area contributed by atoms with Crippen molar-refractivity contribution in [2.75, 3.05) is 19.8 Å². The molecule has 0 saturated carbocycles. The Hall–Kier alpha value is -0.430. The Kier molecular flexibility index (Phi) is 4.55. The molecule has 1 aliphatic heterocycles. The molecule has 0 aliphatic carbocycles. The van der Waals surface area contributed by atoms with E-state index in [2.05, 4.69) is 26.9 Å². The summed E-state index contributed by atoms with van der Waals surface area (Å²) >= 11 is 5.12. The van der Waals surface area contributed by atoms with E-state index >= 15 is 0 Å². The molecule has 94 valence electrons. The third kappa shape index (κ3) is 3.77. The number of carboxylic acids is 1. The van der Waals surface area contributed by atoms with Crippen molar-refractivity contribution in [3.05, 3.63) is 20.8 Å². The highest BCUT2D eigenvalue weighted by Crippen LogP contribution is 2.25. The summed E-state index contributed by atoms with van der Waals surface area (Å²) in [5.74, 6) is -0.766. The van der Waals surface area contributed by atoms with Gasteiger partial charge in [-0.05, 0) is 28.1 Å². The molecule has 1 atom stereocenters. The maximum Gasteiger partial charge on any atom is 0.305 e. The van der Waals surface area contributed by atoms with Crippen LogP contribution in [0, 0.1) is 0 Å². The monoisotopic (exact) mass is 319 g/mol. The van der Waals surface area contributed by atoms with Crippen molar-refractivity contribution in [3.8, 4) is 0 Å². The molecule has 1 fully saturated rings. The summed E-state index contributed by atoms with van der Waals surface area (Å²) in [5, 5.41) is 8.87. The van der Waals surface area contributed by atoms with Gasteiger partial charge in [0.2, 0.25) is 0 Å². The molecular weight excluding hydrogens is 306 g/mol. The molecule has 2 rings (SSSR count). The Labute approximate surface area is 112 Å². The highest BCUT2D eigenvalue weighted by Gasteiger charge is 2.25. The van der Waals surface area contributed by atoms with Crippen molar-refractivity contribution < 1.29 is 14.6 Å². The van der Waals surface area contributed by atoms with Crippen LogP contribution in [0.3, 0.4) is 0 Å². The van der Waals surface area contributed by atoms with E-state index in [4.69, 9.17) is 9.84 Å². The number of morpholine rings is 1. The van der Waals surface area contributed by atoms with Gasteiger partial charge in [0.25, 0.3) is 0 Å². The van der Waals surface area contributed by atoms with E-state index in [-0.39, 0.29) is 12.5 Å². The molecular formula is C11H14BrNO3S. The fourth-order valence-corrected chi connectivity index (χ4v) is 3.43. The first-order valence-electron chi connectivity index (χ1n) is 5.43. The van der Waals surface area contributed by atoms with Crippen molar-refractivity contribution >= 4 is 33.2 Å². The summed E-state index contributed by atoms with van der Waals surface area (Å²) in [6, 6.07) is 4.08. The Morgan fingerprint density at radius 2 is 2.47 bits per heavy atom. The molecule has 4 nitrogen and oxygen atoms in total. The van der Waals surface area contributed by atoms with Crippen LogP contribution in [0.5, 0.6) is 0 Å². The molecule has 1 aromatic rings. The molecule has 6 heteroatoms. The first kappa shape index (κ1) is 13.0. The standard InChI is InChI=1S/C11H14BrNO3S/c12-10-2-1-9(17-10)6-13-3-4-16-7-8(13)5-11(14)15/h1-2,8H,3-7H2,(H,14,15). The lowest BCUT2D eigenvalue weighted by atomic mass is 10.1. The lowest BCUT2D eigenvalue weighted by molar-refractivity contribution is -0.140. The Bertz CT molecular complexity index is 396. The smallest absolute Gasteiger partial charge is 0.305 e. The van der Waals surface area contributed by atoms with Crippen molar-refractivity contribution in [1.29, 1.82) is 0 Å². The third-order valence-corrected chi connectivity index (χ3v) is 4.36. The minimum Gasteiger partial charge on any atom is -0.481 e. The van der Waals surface area contributed by atoms with Crippen molar-refractivity contribution in [2.24, 2.45) is 0 Å². The maximum absolute atomic E-state index is 10.8. The second-order valence-corrected chi connectivity index (χ2v) is 6.55. The van der Waals surface area contributed by atoms with E-state index < -0.39 is 5.97 Å². The summed E-state index contributed by atoms with van der Waals surface area (Å²) in [7, 11) is 0. The summed E-state index contributed by atoms with van der Waals surface area (Å²) in [5.41, 5.74) is 0. The number of nitrogens with zero attached hydrogens (tertiary/aromatic N) is 1. The van der Waals surface area contributed by atoms with Gasteiger partial charge < -0.3 is 9.84 Å². The average molecular weight is 320 g/mol. The van der Waals surface area contributed by atoms with E-state index in [1.54, 1.807) is 11.3 Å². The summed E-state index contributed by atoms with van der Waals surface area (Å²) in [4.78, 5) is 14.2. The molecule has 0 bridgehead atoms.